The maximum atomic E-state index is 13.3. The van der Waals surface area contributed by atoms with Crippen molar-refractivity contribution in [2.45, 2.75) is 0 Å². The molecule has 0 aliphatic carbocycles. The monoisotopic (exact) mass is 218 g/mol. The number of halogens is 1. The Hall–Kier alpha value is -2.10. The Kier molecular flexibility index (Phi) is 2.72. The molecule has 1 aromatic carbocycles. The lowest BCUT2D eigenvalue weighted by molar-refractivity contribution is 0.416. The van der Waals surface area contributed by atoms with Crippen LogP contribution in [0.1, 0.15) is 0 Å². The molecule has 0 saturated carbocycles. The predicted octanol–water partition coefficient (Wildman–Crippen LogP) is 2.48. The highest BCUT2D eigenvalue weighted by molar-refractivity contribution is 5.70. The van der Waals surface area contributed by atoms with Crippen molar-refractivity contribution in [1.82, 2.24) is 4.98 Å². The molecule has 1 heterocycles. The fourth-order valence-electron chi connectivity index (χ4n) is 1.47. The molecule has 0 saturated heterocycles. The van der Waals surface area contributed by atoms with E-state index in [0.29, 0.717) is 11.3 Å². The lowest BCUT2D eigenvalue weighted by Crippen LogP contribution is -1.92. The Morgan fingerprint density at radius 1 is 1.31 bits per heavy atom. The molecule has 2 N–H and O–H groups in total. The summed E-state index contributed by atoms with van der Waals surface area (Å²) >= 11 is 0. The number of rotatable bonds is 2. The van der Waals surface area contributed by atoms with Crippen LogP contribution in [-0.2, 0) is 0 Å². The van der Waals surface area contributed by atoms with E-state index in [1.54, 1.807) is 31.6 Å². The molecule has 16 heavy (non-hydrogen) atoms. The Morgan fingerprint density at radius 2 is 2.12 bits per heavy atom. The zero-order valence-corrected chi connectivity index (χ0v) is 8.77. The molecule has 0 unspecified atom stereocenters. The van der Waals surface area contributed by atoms with Crippen LogP contribution in [-0.4, -0.2) is 12.1 Å². The van der Waals surface area contributed by atoms with Crippen molar-refractivity contribution in [1.29, 1.82) is 0 Å². The quantitative estimate of drug-likeness (QED) is 0.788. The SMILES string of the molecule is COc1ccncc1-c1ccc(N)c(F)c1. The maximum Gasteiger partial charge on any atom is 0.146 e. The van der Waals surface area contributed by atoms with E-state index in [2.05, 4.69) is 4.98 Å². The van der Waals surface area contributed by atoms with Crippen LogP contribution in [0.3, 0.4) is 0 Å². The van der Waals surface area contributed by atoms with Gasteiger partial charge in [-0.05, 0) is 23.8 Å². The molecule has 3 nitrogen and oxygen atoms in total. The van der Waals surface area contributed by atoms with Gasteiger partial charge in [0, 0.05) is 18.0 Å². The van der Waals surface area contributed by atoms with Gasteiger partial charge in [0.1, 0.15) is 11.6 Å². The minimum atomic E-state index is -0.441. The molecule has 82 valence electrons. The molecule has 0 aliphatic heterocycles. The van der Waals surface area contributed by atoms with Gasteiger partial charge in [-0.15, -0.1) is 0 Å². The fraction of sp³-hybridized carbons (Fsp3) is 0.0833. The summed E-state index contributed by atoms with van der Waals surface area (Å²) in [6.45, 7) is 0. The summed E-state index contributed by atoms with van der Waals surface area (Å²) in [7, 11) is 1.56. The molecule has 1 aromatic heterocycles. The smallest absolute Gasteiger partial charge is 0.146 e. The third-order valence-corrected chi connectivity index (χ3v) is 2.31. The number of methoxy groups -OCH3 is 1. The van der Waals surface area contributed by atoms with Gasteiger partial charge in [-0.3, -0.25) is 4.98 Å². The van der Waals surface area contributed by atoms with E-state index < -0.39 is 5.82 Å². The summed E-state index contributed by atoms with van der Waals surface area (Å²) in [4.78, 5) is 3.99. The van der Waals surface area contributed by atoms with E-state index in [-0.39, 0.29) is 5.69 Å². The maximum absolute atomic E-state index is 13.3. The van der Waals surface area contributed by atoms with E-state index in [1.165, 1.54) is 12.1 Å². The zero-order chi connectivity index (χ0) is 11.5. The van der Waals surface area contributed by atoms with Crippen molar-refractivity contribution in [3.63, 3.8) is 0 Å². The molecule has 4 heteroatoms. The van der Waals surface area contributed by atoms with Gasteiger partial charge in [0.2, 0.25) is 0 Å². The fourth-order valence-corrected chi connectivity index (χ4v) is 1.47. The molecule has 2 aromatic rings. The molecule has 0 aliphatic rings. The number of aromatic nitrogens is 1. The normalized spacial score (nSPS) is 10.1. The number of ether oxygens (including phenoxy) is 1. The first-order chi connectivity index (χ1) is 7.72. The molecule has 0 atom stereocenters. The Labute approximate surface area is 92.7 Å². The first-order valence-electron chi connectivity index (χ1n) is 4.76. The third-order valence-electron chi connectivity index (χ3n) is 2.31. The second-order valence-corrected chi connectivity index (χ2v) is 3.31. The Morgan fingerprint density at radius 3 is 2.81 bits per heavy atom. The van der Waals surface area contributed by atoms with Crippen LogP contribution >= 0.6 is 0 Å². The Bertz CT molecular complexity index is 514. The zero-order valence-electron chi connectivity index (χ0n) is 8.77. The standard InChI is InChI=1S/C12H11FN2O/c1-16-12-4-5-15-7-9(12)8-2-3-11(14)10(13)6-8/h2-7H,14H2,1H3. The molecular weight excluding hydrogens is 207 g/mol. The van der Waals surface area contributed by atoms with Gasteiger partial charge in [-0.2, -0.15) is 0 Å². The second-order valence-electron chi connectivity index (χ2n) is 3.31. The topological polar surface area (TPSA) is 48.1 Å². The van der Waals surface area contributed by atoms with Crippen molar-refractivity contribution >= 4 is 5.69 Å². The summed E-state index contributed by atoms with van der Waals surface area (Å²) in [6.07, 6.45) is 3.25. The summed E-state index contributed by atoms with van der Waals surface area (Å²) in [6, 6.07) is 6.35. The van der Waals surface area contributed by atoms with E-state index >= 15 is 0 Å². The number of pyridine rings is 1. The van der Waals surface area contributed by atoms with Crippen molar-refractivity contribution in [3.8, 4) is 16.9 Å². The van der Waals surface area contributed by atoms with Crippen LogP contribution in [0.5, 0.6) is 5.75 Å². The minimum Gasteiger partial charge on any atom is -0.496 e. The summed E-state index contributed by atoms with van der Waals surface area (Å²) in [5.41, 5.74) is 6.98. The largest absolute Gasteiger partial charge is 0.496 e. The van der Waals surface area contributed by atoms with Crippen LogP contribution in [0.25, 0.3) is 11.1 Å². The molecule has 2 rings (SSSR count). The molecule has 0 fully saturated rings. The highest BCUT2D eigenvalue weighted by Crippen LogP contribution is 2.30. The molecule has 0 radical (unpaired) electrons. The van der Waals surface area contributed by atoms with Gasteiger partial charge < -0.3 is 10.5 Å². The number of anilines is 1. The summed E-state index contributed by atoms with van der Waals surface area (Å²) in [5, 5.41) is 0. The van der Waals surface area contributed by atoms with Gasteiger partial charge in [0.25, 0.3) is 0 Å². The lowest BCUT2D eigenvalue weighted by atomic mass is 10.1. The van der Waals surface area contributed by atoms with Crippen molar-refractivity contribution in [2.24, 2.45) is 0 Å². The minimum absolute atomic E-state index is 0.131. The molecule has 0 bridgehead atoms. The van der Waals surface area contributed by atoms with E-state index in [9.17, 15) is 4.39 Å². The Balaban J connectivity index is 2.54. The van der Waals surface area contributed by atoms with Crippen LogP contribution in [0.15, 0.2) is 36.7 Å². The van der Waals surface area contributed by atoms with Gasteiger partial charge in [0.15, 0.2) is 0 Å². The summed E-state index contributed by atoms with van der Waals surface area (Å²) < 4.78 is 18.5. The average Bonchev–Trinajstić information content (AvgIpc) is 2.32. The number of nitrogens with two attached hydrogens (primary N) is 1. The van der Waals surface area contributed by atoms with Crippen LogP contribution < -0.4 is 10.5 Å². The van der Waals surface area contributed by atoms with Gasteiger partial charge in [0.05, 0.1) is 12.8 Å². The van der Waals surface area contributed by atoms with Crippen LogP contribution in [0.2, 0.25) is 0 Å². The van der Waals surface area contributed by atoms with Crippen molar-refractivity contribution < 1.29 is 9.13 Å². The van der Waals surface area contributed by atoms with Crippen LogP contribution in [0, 0.1) is 5.82 Å². The van der Waals surface area contributed by atoms with E-state index in [4.69, 9.17) is 10.5 Å². The van der Waals surface area contributed by atoms with Crippen LogP contribution in [0.4, 0.5) is 10.1 Å². The number of nitrogens with zero attached hydrogens (tertiary/aromatic N) is 1. The van der Waals surface area contributed by atoms with Crippen molar-refractivity contribution in [2.75, 3.05) is 12.8 Å². The average molecular weight is 218 g/mol. The first-order valence-corrected chi connectivity index (χ1v) is 4.76. The van der Waals surface area contributed by atoms with Gasteiger partial charge >= 0.3 is 0 Å². The molecule has 0 spiro atoms. The van der Waals surface area contributed by atoms with Crippen molar-refractivity contribution in [3.05, 3.63) is 42.5 Å². The first kappa shape index (κ1) is 10.4. The summed E-state index contributed by atoms with van der Waals surface area (Å²) in [5.74, 6) is 0.211. The van der Waals surface area contributed by atoms with E-state index in [1.807, 2.05) is 0 Å². The number of hydrogen-bond acceptors (Lipinski definition) is 3. The third kappa shape index (κ3) is 1.82. The highest BCUT2D eigenvalue weighted by atomic mass is 19.1. The van der Waals surface area contributed by atoms with Gasteiger partial charge in [-0.1, -0.05) is 6.07 Å². The molecule has 0 amide bonds. The lowest BCUT2D eigenvalue weighted by Gasteiger charge is -2.08. The number of hydrogen-bond donors (Lipinski definition) is 1. The van der Waals surface area contributed by atoms with E-state index in [0.717, 1.165) is 5.56 Å². The van der Waals surface area contributed by atoms with Gasteiger partial charge in [-0.25, -0.2) is 4.39 Å². The second kappa shape index (κ2) is 4.18. The number of benzene rings is 1. The highest BCUT2D eigenvalue weighted by Gasteiger charge is 2.07. The molecular formula is C12H11FN2O. The predicted molar refractivity (Wildman–Crippen MR) is 60.6 cm³/mol. The number of nitrogen functional groups attached to an aromatic ring is 1.